The molecule has 1 fully saturated rings. The molecule has 1 aliphatic rings. The summed E-state index contributed by atoms with van der Waals surface area (Å²) in [7, 11) is 3.53. The van der Waals surface area contributed by atoms with Crippen LogP contribution in [-0.4, -0.2) is 89.1 Å². The van der Waals surface area contributed by atoms with Crippen LogP contribution in [0.25, 0.3) is 10.2 Å². The van der Waals surface area contributed by atoms with Crippen LogP contribution in [0.2, 0.25) is 0 Å². The molecule has 0 aliphatic carbocycles. The molecular weight excluding hydrogens is 394 g/mol. The van der Waals surface area contributed by atoms with Crippen LogP contribution >= 0.6 is 23.1 Å². The molecule has 1 aliphatic heterocycles. The predicted molar refractivity (Wildman–Crippen MR) is 114 cm³/mol. The molecule has 7 nitrogen and oxygen atoms in total. The number of hydrogen-bond acceptors (Lipinski definition) is 7. The molecule has 0 unspecified atom stereocenters. The van der Waals surface area contributed by atoms with Crippen LogP contribution in [0, 0.1) is 20.8 Å². The Balaban J connectivity index is 1.58. The molecule has 9 heteroatoms. The van der Waals surface area contributed by atoms with Gasteiger partial charge in [0.05, 0.1) is 12.3 Å². The molecule has 2 amide bonds. The summed E-state index contributed by atoms with van der Waals surface area (Å²) in [6.45, 7) is 9.28. The second-order valence-electron chi connectivity index (χ2n) is 7.27. The Bertz CT molecular complexity index is 888. The van der Waals surface area contributed by atoms with E-state index < -0.39 is 0 Å². The number of piperazine rings is 1. The fraction of sp³-hybridized carbons (Fsp3) is 0.579. The quantitative estimate of drug-likeness (QED) is 0.543. The third-order valence-electron chi connectivity index (χ3n) is 5.02. The average molecular weight is 422 g/mol. The average Bonchev–Trinajstić information content (AvgIpc) is 2.93. The summed E-state index contributed by atoms with van der Waals surface area (Å²) in [5.41, 5.74) is 1.20. The second-order valence-corrected chi connectivity index (χ2v) is 9.44. The first-order chi connectivity index (χ1) is 13.3. The van der Waals surface area contributed by atoms with Crippen LogP contribution in [0.4, 0.5) is 0 Å². The number of carbonyl (C=O) groups excluding carboxylic acids is 2. The topological polar surface area (TPSA) is 69.6 Å². The van der Waals surface area contributed by atoms with E-state index in [1.165, 1.54) is 22.2 Å². The molecule has 0 spiro atoms. The van der Waals surface area contributed by atoms with E-state index in [-0.39, 0.29) is 11.8 Å². The van der Waals surface area contributed by atoms with Crippen molar-refractivity contribution in [2.24, 2.45) is 0 Å². The fourth-order valence-corrected chi connectivity index (χ4v) is 5.30. The molecule has 0 aromatic carbocycles. The highest BCUT2D eigenvalue weighted by molar-refractivity contribution is 8.00. The Hall–Kier alpha value is -1.71. The van der Waals surface area contributed by atoms with Gasteiger partial charge in [-0.3, -0.25) is 14.5 Å². The van der Waals surface area contributed by atoms with Crippen molar-refractivity contribution in [2.75, 3.05) is 52.6 Å². The van der Waals surface area contributed by atoms with E-state index in [2.05, 4.69) is 28.7 Å². The van der Waals surface area contributed by atoms with Crippen LogP contribution < -0.4 is 0 Å². The van der Waals surface area contributed by atoms with Gasteiger partial charge in [-0.15, -0.1) is 11.3 Å². The molecular formula is C19H27N5O2S2. The summed E-state index contributed by atoms with van der Waals surface area (Å²) in [6, 6.07) is 0. The Morgan fingerprint density at radius 1 is 1.11 bits per heavy atom. The predicted octanol–water partition coefficient (Wildman–Crippen LogP) is 1.94. The number of likely N-dealkylation sites (N-methyl/N-ethyl adjacent to an activating group) is 1. The third-order valence-corrected chi connectivity index (χ3v) is 7.08. The van der Waals surface area contributed by atoms with E-state index in [4.69, 9.17) is 0 Å². The highest BCUT2D eigenvalue weighted by Crippen LogP contribution is 2.35. The van der Waals surface area contributed by atoms with E-state index in [9.17, 15) is 9.59 Å². The lowest BCUT2D eigenvalue weighted by Crippen LogP contribution is -2.51. The smallest absolute Gasteiger partial charge is 0.236 e. The van der Waals surface area contributed by atoms with Crippen molar-refractivity contribution in [3.05, 3.63) is 16.3 Å². The molecule has 0 N–H and O–H groups in total. The Kier molecular flexibility index (Phi) is 6.57. The zero-order valence-electron chi connectivity index (χ0n) is 17.1. The molecule has 3 rings (SSSR count). The van der Waals surface area contributed by atoms with Crippen molar-refractivity contribution < 1.29 is 9.59 Å². The van der Waals surface area contributed by atoms with Crippen LogP contribution in [0.1, 0.15) is 16.3 Å². The summed E-state index contributed by atoms with van der Waals surface area (Å²) in [5, 5.41) is 1.98. The number of nitrogens with zero attached hydrogens (tertiary/aromatic N) is 5. The van der Waals surface area contributed by atoms with Gasteiger partial charge in [-0.1, -0.05) is 11.8 Å². The number of thioether (sulfide) groups is 1. The van der Waals surface area contributed by atoms with E-state index in [0.717, 1.165) is 34.2 Å². The number of hydrogen-bond donors (Lipinski definition) is 0. The van der Waals surface area contributed by atoms with E-state index in [0.29, 0.717) is 25.4 Å². The van der Waals surface area contributed by atoms with E-state index in [1.807, 2.05) is 11.8 Å². The molecule has 3 heterocycles. The number of aryl methyl sites for hydroxylation is 3. The lowest BCUT2D eigenvalue weighted by molar-refractivity contribution is -0.132. The number of amides is 2. The molecule has 0 atom stereocenters. The Morgan fingerprint density at radius 3 is 2.43 bits per heavy atom. The third kappa shape index (κ3) is 4.64. The first-order valence-electron chi connectivity index (χ1n) is 9.33. The number of fused-ring (bicyclic) bond motifs is 1. The van der Waals surface area contributed by atoms with E-state index >= 15 is 0 Å². The maximum atomic E-state index is 12.7. The van der Waals surface area contributed by atoms with Gasteiger partial charge in [-0.25, -0.2) is 9.97 Å². The first-order valence-corrected chi connectivity index (χ1v) is 11.1. The minimum atomic E-state index is 0.0971. The van der Waals surface area contributed by atoms with Gasteiger partial charge < -0.3 is 9.80 Å². The van der Waals surface area contributed by atoms with Crippen molar-refractivity contribution >= 4 is 45.1 Å². The molecule has 2 aromatic rings. The molecule has 0 saturated carbocycles. The van der Waals surface area contributed by atoms with Gasteiger partial charge >= 0.3 is 0 Å². The van der Waals surface area contributed by atoms with Gasteiger partial charge in [0.15, 0.2) is 0 Å². The van der Waals surface area contributed by atoms with Crippen LogP contribution in [0.15, 0.2) is 5.03 Å². The second kappa shape index (κ2) is 8.75. The number of aromatic nitrogens is 2. The maximum absolute atomic E-state index is 12.7. The van der Waals surface area contributed by atoms with E-state index in [1.54, 1.807) is 30.3 Å². The van der Waals surface area contributed by atoms with Crippen LogP contribution in [0.3, 0.4) is 0 Å². The molecule has 152 valence electrons. The van der Waals surface area contributed by atoms with Crippen LogP contribution in [-0.2, 0) is 9.59 Å². The zero-order chi connectivity index (χ0) is 20.4. The molecule has 0 bridgehead atoms. The van der Waals surface area contributed by atoms with Crippen molar-refractivity contribution in [1.82, 2.24) is 24.7 Å². The molecule has 1 saturated heterocycles. The molecule has 28 heavy (non-hydrogen) atoms. The monoisotopic (exact) mass is 421 g/mol. The highest BCUT2D eigenvalue weighted by Gasteiger charge is 2.23. The highest BCUT2D eigenvalue weighted by atomic mass is 32.2. The van der Waals surface area contributed by atoms with Crippen molar-refractivity contribution in [3.8, 4) is 0 Å². The Morgan fingerprint density at radius 2 is 1.79 bits per heavy atom. The normalized spacial score (nSPS) is 15.2. The minimum Gasteiger partial charge on any atom is -0.348 e. The van der Waals surface area contributed by atoms with Gasteiger partial charge in [0.1, 0.15) is 15.7 Å². The van der Waals surface area contributed by atoms with Crippen LogP contribution in [0.5, 0.6) is 0 Å². The van der Waals surface area contributed by atoms with Crippen molar-refractivity contribution in [2.45, 2.75) is 25.8 Å². The molecule has 2 aromatic heterocycles. The van der Waals surface area contributed by atoms with Crippen molar-refractivity contribution in [3.63, 3.8) is 0 Å². The lowest BCUT2D eigenvalue weighted by Gasteiger charge is -2.34. The zero-order valence-corrected chi connectivity index (χ0v) is 18.7. The van der Waals surface area contributed by atoms with Crippen molar-refractivity contribution in [1.29, 1.82) is 0 Å². The minimum absolute atomic E-state index is 0.0971. The van der Waals surface area contributed by atoms with Gasteiger partial charge in [-0.05, 0) is 26.3 Å². The summed E-state index contributed by atoms with van der Waals surface area (Å²) in [4.78, 5) is 41.5. The lowest BCUT2D eigenvalue weighted by atomic mass is 10.2. The summed E-state index contributed by atoms with van der Waals surface area (Å²) >= 11 is 3.18. The number of thiophene rings is 1. The number of carbonyl (C=O) groups is 2. The van der Waals surface area contributed by atoms with Gasteiger partial charge in [0.25, 0.3) is 0 Å². The Labute approximate surface area is 174 Å². The summed E-state index contributed by atoms with van der Waals surface area (Å²) in [5.74, 6) is 1.33. The number of rotatable bonds is 5. The first kappa shape index (κ1) is 21.0. The van der Waals surface area contributed by atoms with Gasteiger partial charge in [0, 0.05) is 50.5 Å². The largest absolute Gasteiger partial charge is 0.348 e. The standard InChI is InChI=1S/C19H27N5O2S2/c1-12-13(2)28-19-17(12)18(20-14(3)21-19)27-11-16(26)24-8-6-23(7-9-24)10-15(25)22(4)5/h6-11H2,1-5H3. The van der Waals surface area contributed by atoms with Gasteiger partial charge in [0.2, 0.25) is 11.8 Å². The maximum Gasteiger partial charge on any atom is 0.236 e. The fourth-order valence-electron chi connectivity index (χ4n) is 3.13. The SMILES string of the molecule is Cc1nc(SCC(=O)N2CCN(CC(=O)N(C)C)CC2)c2c(C)c(C)sc2n1. The summed E-state index contributed by atoms with van der Waals surface area (Å²) in [6.07, 6.45) is 0. The molecule has 0 radical (unpaired) electrons. The summed E-state index contributed by atoms with van der Waals surface area (Å²) < 4.78 is 0. The van der Waals surface area contributed by atoms with Gasteiger partial charge in [-0.2, -0.15) is 0 Å².